The summed E-state index contributed by atoms with van der Waals surface area (Å²) in [5, 5.41) is 22.2. The van der Waals surface area contributed by atoms with Crippen LogP contribution in [0.5, 0.6) is 5.75 Å². The molecule has 0 fully saturated rings. The second-order valence-corrected chi connectivity index (χ2v) is 5.95. The van der Waals surface area contributed by atoms with Crippen LogP contribution in [0.25, 0.3) is 6.08 Å². The molecule has 0 aliphatic heterocycles. The van der Waals surface area contributed by atoms with Gasteiger partial charge < -0.3 is 10.4 Å². The molecule has 2 N–H and O–H groups in total. The summed E-state index contributed by atoms with van der Waals surface area (Å²) in [6, 6.07) is 14.2. The van der Waals surface area contributed by atoms with Crippen molar-refractivity contribution in [3.05, 3.63) is 68.7 Å². The standard InChI is InChI=1S/C17H12BrClN2O2/c18-15-8-14(19)7-12(16(15)22)6-13(9-20)17(23)21-10-11-4-2-1-3-5-11/h1-8,22H,10H2,(H,21,23)/b13-6-. The Bertz CT molecular complexity index is 798. The molecule has 23 heavy (non-hydrogen) atoms. The van der Waals surface area contributed by atoms with Crippen LogP contribution in [0.4, 0.5) is 0 Å². The van der Waals surface area contributed by atoms with E-state index in [0.717, 1.165) is 5.56 Å². The summed E-state index contributed by atoms with van der Waals surface area (Å²) >= 11 is 9.08. The van der Waals surface area contributed by atoms with Gasteiger partial charge in [0.2, 0.25) is 0 Å². The Kier molecular flexibility index (Phi) is 5.80. The molecular weight excluding hydrogens is 380 g/mol. The van der Waals surface area contributed by atoms with Gasteiger partial charge >= 0.3 is 0 Å². The minimum atomic E-state index is -0.521. The first-order chi connectivity index (χ1) is 11.0. The SMILES string of the molecule is N#C/C(=C/c1cc(Cl)cc(Br)c1O)C(=O)NCc1ccccc1. The molecule has 0 unspecified atom stereocenters. The maximum Gasteiger partial charge on any atom is 0.262 e. The molecule has 6 heteroatoms. The minimum absolute atomic E-state index is 0.0852. The van der Waals surface area contributed by atoms with Crippen LogP contribution >= 0.6 is 27.5 Å². The number of carbonyl (C=O) groups is 1. The number of nitrogens with one attached hydrogen (secondary N) is 1. The van der Waals surface area contributed by atoms with Gasteiger partial charge in [-0.1, -0.05) is 41.9 Å². The van der Waals surface area contributed by atoms with Gasteiger partial charge in [-0.25, -0.2) is 0 Å². The van der Waals surface area contributed by atoms with Crippen molar-refractivity contribution in [1.29, 1.82) is 5.26 Å². The number of nitriles is 1. The zero-order valence-corrected chi connectivity index (χ0v) is 14.2. The average Bonchev–Trinajstić information content (AvgIpc) is 2.55. The predicted octanol–water partition coefficient (Wildman–Crippen LogP) is 4.03. The third kappa shape index (κ3) is 4.59. The largest absolute Gasteiger partial charge is 0.506 e. The number of phenolic OH excluding ortho intramolecular Hbond substituents is 1. The molecule has 0 saturated carbocycles. The van der Waals surface area contributed by atoms with Crippen molar-refractivity contribution < 1.29 is 9.90 Å². The van der Waals surface area contributed by atoms with Gasteiger partial charge in [0.05, 0.1) is 4.47 Å². The Hall–Kier alpha value is -2.29. The highest BCUT2D eigenvalue weighted by molar-refractivity contribution is 9.10. The summed E-state index contributed by atoms with van der Waals surface area (Å²) in [6.45, 7) is 0.309. The Morgan fingerprint density at radius 1 is 1.35 bits per heavy atom. The second-order valence-electron chi connectivity index (χ2n) is 4.66. The molecule has 0 heterocycles. The van der Waals surface area contributed by atoms with Gasteiger partial charge in [-0.15, -0.1) is 0 Å². The minimum Gasteiger partial charge on any atom is -0.506 e. The summed E-state index contributed by atoms with van der Waals surface area (Å²) < 4.78 is 0.387. The Morgan fingerprint density at radius 3 is 2.70 bits per heavy atom. The number of benzene rings is 2. The fraction of sp³-hybridized carbons (Fsp3) is 0.0588. The van der Waals surface area contributed by atoms with E-state index in [1.54, 1.807) is 0 Å². The van der Waals surface area contributed by atoms with Crippen molar-refractivity contribution in [2.75, 3.05) is 0 Å². The van der Waals surface area contributed by atoms with E-state index >= 15 is 0 Å². The summed E-state index contributed by atoms with van der Waals surface area (Å²) in [6.07, 6.45) is 1.30. The summed E-state index contributed by atoms with van der Waals surface area (Å²) in [5.74, 6) is -0.607. The quantitative estimate of drug-likeness (QED) is 0.610. The normalized spacial score (nSPS) is 10.9. The van der Waals surface area contributed by atoms with E-state index in [9.17, 15) is 15.2 Å². The third-order valence-corrected chi connectivity index (χ3v) is 3.84. The maximum absolute atomic E-state index is 12.1. The molecular formula is C17H12BrClN2O2. The van der Waals surface area contributed by atoms with Gasteiger partial charge in [-0.05, 0) is 39.7 Å². The van der Waals surface area contributed by atoms with Crippen LogP contribution in [0, 0.1) is 11.3 Å². The van der Waals surface area contributed by atoms with E-state index < -0.39 is 5.91 Å². The molecule has 0 spiro atoms. The van der Waals surface area contributed by atoms with Crippen molar-refractivity contribution in [1.82, 2.24) is 5.32 Å². The number of phenols is 1. The van der Waals surface area contributed by atoms with Crippen molar-refractivity contribution in [3.8, 4) is 11.8 Å². The summed E-state index contributed by atoms with van der Waals surface area (Å²) in [7, 11) is 0. The average molecular weight is 392 g/mol. The fourth-order valence-electron chi connectivity index (χ4n) is 1.87. The van der Waals surface area contributed by atoms with Crippen LogP contribution in [0.3, 0.4) is 0 Å². The molecule has 1 amide bonds. The van der Waals surface area contributed by atoms with E-state index in [1.165, 1.54) is 18.2 Å². The first-order valence-electron chi connectivity index (χ1n) is 6.63. The molecule has 0 radical (unpaired) electrons. The Morgan fingerprint density at radius 2 is 2.04 bits per heavy atom. The number of amides is 1. The van der Waals surface area contributed by atoms with Crippen molar-refractivity contribution in [2.24, 2.45) is 0 Å². The van der Waals surface area contributed by atoms with Crippen molar-refractivity contribution >= 4 is 39.5 Å². The van der Waals surface area contributed by atoms with Gasteiger partial charge in [0.1, 0.15) is 17.4 Å². The molecule has 0 atom stereocenters. The zero-order valence-electron chi connectivity index (χ0n) is 11.9. The number of hydrogen-bond donors (Lipinski definition) is 2. The fourth-order valence-corrected chi connectivity index (χ4v) is 2.71. The third-order valence-electron chi connectivity index (χ3n) is 3.02. The highest BCUT2D eigenvalue weighted by Gasteiger charge is 2.12. The molecule has 0 aliphatic carbocycles. The molecule has 0 aromatic heterocycles. The predicted molar refractivity (Wildman–Crippen MR) is 92.7 cm³/mol. The first kappa shape index (κ1) is 17.1. The van der Waals surface area contributed by atoms with Crippen LogP contribution in [0.2, 0.25) is 5.02 Å². The van der Waals surface area contributed by atoms with Crippen LogP contribution in [0.1, 0.15) is 11.1 Å². The van der Waals surface area contributed by atoms with Crippen LogP contribution in [-0.4, -0.2) is 11.0 Å². The number of aromatic hydroxyl groups is 1. The number of rotatable bonds is 4. The molecule has 2 aromatic carbocycles. The van der Waals surface area contributed by atoms with E-state index in [1.807, 2.05) is 36.4 Å². The Labute approximate surface area is 147 Å². The van der Waals surface area contributed by atoms with Crippen LogP contribution in [-0.2, 0) is 11.3 Å². The van der Waals surface area contributed by atoms with Gasteiger partial charge in [-0.3, -0.25) is 4.79 Å². The van der Waals surface area contributed by atoms with Crippen molar-refractivity contribution in [3.63, 3.8) is 0 Å². The first-order valence-corrected chi connectivity index (χ1v) is 7.80. The lowest BCUT2D eigenvalue weighted by Gasteiger charge is -2.06. The van der Waals surface area contributed by atoms with Gasteiger partial charge in [0.15, 0.2) is 0 Å². The van der Waals surface area contributed by atoms with E-state index in [4.69, 9.17) is 11.6 Å². The van der Waals surface area contributed by atoms with Crippen molar-refractivity contribution in [2.45, 2.75) is 6.54 Å². The number of halogens is 2. The summed E-state index contributed by atoms with van der Waals surface area (Å²) in [4.78, 5) is 12.1. The van der Waals surface area contributed by atoms with E-state index in [-0.39, 0.29) is 16.9 Å². The molecule has 116 valence electrons. The summed E-state index contributed by atoms with van der Waals surface area (Å²) in [5.41, 5.74) is 1.09. The van der Waals surface area contributed by atoms with Crippen LogP contribution in [0.15, 0.2) is 52.5 Å². The highest BCUT2D eigenvalue weighted by atomic mass is 79.9. The van der Waals surface area contributed by atoms with Gasteiger partial charge in [-0.2, -0.15) is 5.26 Å². The number of nitrogens with zero attached hydrogens (tertiary/aromatic N) is 1. The number of hydrogen-bond acceptors (Lipinski definition) is 3. The van der Waals surface area contributed by atoms with Crippen LogP contribution < -0.4 is 5.32 Å². The number of carbonyl (C=O) groups excluding carboxylic acids is 1. The molecule has 0 saturated heterocycles. The monoisotopic (exact) mass is 390 g/mol. The van der Waals surface area contributed by atoms with E-state index in [2.05, 4.69) is 21.2 Å². The maximum atomic E-state index is 12.1. The lowest BCUT2D eigenvalue weighted by atomic mass is 10.1. The zero-order chi connectivity index (χ0) is 16.8. The highest BCUT2D eigenvalue weighted by Crippen LogP contribution is 2.32. The van der Waals surface area contributed by atoms with Gasteiger partial charge in [0, 0.05) is 17.1 Å². The van der Waals surface area contributed by atoms with Gasteiger partial charge in [0.25, 0.3) is 5.91 Å². The lowest BCUT2D eigenvalue weighted by Crippen LogP contribution is -2.23. The molecule has 0 aliphatic rings. The molecule has 4 nitrogen and oxygen atoms in total. The second kappa shape index (κ2) is 7.82. The molecule has 2 rings (SSSR count). The molecule has 0 bridgehead atoms. The topological polar surface area (TPSA) is 73.1 Å². The van der Waals surface area contributed by atoms with E-state index in [0.29, 0.717) is 16.0 Å². The smallest absolute Gasteiger partial charge is 0.262 e. The molecule has 2 aromatic rings. The Balaban J connectivity index is 2.19. The lowest BCUT2D eigenvalue weighted by molar-refractivity contribution is -0.117.